The fourth-order valence-corrected chi connectivity index (χ4v) is 2.88. The quantitative estimate of drug-likeness (QED) is 0.781. The molecule has 3 nitrogen and oxygen atoms in total. The molecule has 0 unspecified atom stereocenters. The van der Waals surface area contributed by atoms with Crippen LogP contribution in [0.2, 0.25) is 0 Å². The summed E-state index contributed by atoms with van der Waals surface area (Å²) in [6.45, 7) is 2.21. The van der Waals surface area contributed by atoms with E-state index in [4.69, 9.17) is 5.11 Å². The van der Waals surface area contributed by atoms with Crippen molar-refractivity contribution in [2.45, 2.75) is 45.4 Å². The van der Waals surface area contributed by atoms with Gasteiger partial charge in [0.1, 0.15) is 0 Å². The molecule has 0 aromatic carbocycles. The van der Waals surface area contributed by atoms with Crippen LogP contribution in [0.4, 0.5) is 0 Å². The smallest absolute Gasteiger partial charge is 0.332 e. The molecule has 0 bridgehead atoms. The second-order valence-electron chi connectivity index (χ2n) is 5.46. The summed E-state index contributed by atoms with van der Waals surface area (Å²) in [7, 11) is 0. The predicted octanol–water partition coefficient (Wildman–Crippen LogP) is 3.11. The minimum absolute atomic E-state index is 0.0528. The van der Waals surface area contributed by atoms with E-state index < -0.39 is 5.97 Å². The van der Waals surface area contributed by atoms with Gasteiger partial charge < -0.3 is 5.11 Å². The van der Waals surface area contributed by atoms with E-state index in [9.17, 15) is 9.59 Å². The van der Waals surface area contributed by atoms with Crippen molar-refractivity contribution in [3.63, 3.8) is 0 Å². The van der Waals surface area contributed by atoms with Crippen molar-refractivity contribution in [2.75, 3.05) is 0 Å². The summed E-state index contributed by atoms with van der Waals surface area (Å²) in [6.07, 6.45) is 8.63. The summed E-state index contributed by atoms with van der Waals surface area (Å²) < 4.78 is 0. The Balaban J connectivity index is 2.14. The van der Waals surface area contributed by atoms with E-state index in [-0.39, 0.29) is 11.7 Å². The maximum atomic E-state index is 12.4. The average Bonchev–Trinajstić information content (AvgIpc) is 2.39. The number of Topliss-reactive ketones (excluding diaryl/α,β-unsaturated/α-hetero) is 1. The van der Waals surface area contributed by atoms with E-state index in [0.717, 1.165) is 25.7 Å². The predicted molar refractivity (Wildman–Crippen MR) is 69.2 cm³/mol. The first-order valence-electron chi connectivity index (χ1n) is 6.74. The van der Waals surface area contributed by atoms with Crippen molar-refractivity contribution in [1.82, 2.24) is 0 Å². The number of hydrogen-bond donors (Lipinski definition) is 1. The van der Waals surface area contributed by atoms with Crippen LogP contribution in [0.25, 0.3) is 0 Å². The third-order valence-corrected chi connectivity index (χ3v) is 4.12. The molecule has 0 spiro atoms. The molecule has 0 aliphatic heterocycles. The van der Waals surface area contributed by atoms with Crippen molar-refractivity contribution in [2.24, 2.45) is 11.8 Å². The molecule has 0 atom stereocenters. The minimum atomic E-state index is -0.938. The molecule has 1 saturated carbocycles. The molecule has 3 heteroatoms. The highest BCUT2D eigenvalue weighted by atomic mass is 16.4. The Kier molecular flexibility index (Phi) is 4.00. The normalized spacial score (nSPS) is 28.3. The van der Waals surface area contributed by atoms with Gasteiger partial charge in [-0.05, 0) is 31.6 Å². The molecule has 1 fully saturated rings. The highest BCUT2D eigenvalue weighted by Gasteiger charge is 2.29. The molecular weight excluding hydrogens is 228 g/mol. The van der Waals surface area contributed by atoms with Crippen LogP contribution in [-0.4, -0.2) is 16.9 Å². The summed E-state index contributed by atoms with van der Waals surface area (Å²) in [6, 6.07) is 0. The first kappa shape index (κ1) is 13.1. The average molecular weight is 248 g/mol. The van der Waals surface area contributed by atoms with Gasteiger partial charge in [-0.1, -0.05) is 31.9 Å². The van der Waals surface area contributed by atoms with Crippen molar-refractivity contribution < 1.29 is 14.7 Å². The largest absolute Gasteiger partial charge is 0.478 e. The number of aliphatic carboxylic acids is 1. The highest BCUT2D eigenvalue weighted by Crippen LogP contribution is 2.33. The van der Waals surface area contributed by atoms with Gasteiger partial charge in [-0.25, -0.2) is 4.79 Å². The molecule has 1 N–H and O–H groups in total. The van der Waals surface area contributed by atoms with Gasteiger partial charge in [-0.3, -0.25) is 4.79 Å². The van der Waals surface area contributed by atoms with E-state index in [1.54, 1.807) is 0 Å². The summed E-state index contributed by atoms with van der Waals surface area (Å²) in [5.41, 5.74) is 0.852. The summed E-state index contributed by atoms with van der Waals surface area (Å²) in [5, 5.41) is 9.15. The summed E-state index contributed by atoms with van der Waals surface area (Å²) in [4.78, 5) is 23.6. The van der Waals surface area contributed by atoms with Crippen LogP contribution >= 0.6 is 0 Å². The monoisotopic (exact) mass is 248 g/mol. The van der Waals surface area contributed by atoms with E-state index in [2.05, 4.69) is 6.92 Å². The number of hydrogen-bond acceptors (Lipinski definition) is 2. The number of carboxylic acids is 1. The maximum absolute atomic E-state index is 12.4. The summed E-state index contributed by atoms with van der Waals surface area (Å²) in [5.74, 6) is -0.0965. The van der Waals surface area contributed by atoms with Crippen molar-refractivity contribution in [3.05, 3.63) is 23.3 Å². The Hall–Kier alpha value is -1.38. The van der Waals surface area contributed by atoms with Gasteiger partial charge in [0.05, 0.1) is 0 Å². The third-order valence-electron chi connectivity index (χ3n) is 4.12. The van der Waals surface area contributed by atoms with Gasteiger partial charge >= 0.3 is 5.97 Å². The number of ketones is 1. The molecule has 18 heavy (non-hydrogen) atoms. The van der Waals surface area contributed by atoms with E-state index in [1.165, 1.54) is 0 Å². The van der Waals surface area contributed by atoms with E-state index >= 15 is 0 Å². The second kappa shape index (κ2) is 5.51. The van der Waals surface area contributed by atoms with Crippen LogP contribution in [0.5, 0.6) is 0 Å². The highest BCUT2D eigenvalue weighted by molar-refractivity contribution is 6.05. The molecule has 0 radical (unpaired) electrons. The molecule has 0 aromatic heterocycles. The minimum Gasteiger partial charge on any atom is -0.478 e. The van der Waals surface area contributed by atoms with Gasteiger partial charge in [0, 0.05) is 17.1 Å². The Morgan fingerprint density at radius 1 is 1.06 bits per heavy atom. The Morgan fingerprint density at radius 3 is 2.17 bits per heavy atom. The van der Waals surface area contributed by atoms with Crippen molar-refractivity contribution in [1.29, 1.82) is 0 Å². The molecule has 2 aliphatic rings. The topological polar surface area (TPSA) is 54.4 Å². The number of rotatable bonds is 3. The SMILES string of the molecule is CC1CCC(C(=O)C2=C(C(=O)O)CC=CC2)CC1. The Labute approximate surface area is 108 Å². The summed E-state index contributed by atoms with van der Waals surface area (Å²) >= 11 is 0. The lowest BCUT2D eigenvalue weighted by Gasteiger charge is -2.26. The Morgan fingerprint density at radius 2 is 1.61 bits per heavy atom. The van der Waals surface area contributed by atoms with Gasteiger partial charge in [-0.2, -0.15) is 0 Å². The zero-order valence-electron chi connectivity index (χ0n) is 10.8. The van der Waals surface area contributed by atoms with E-state index in [1.807, 2.05) is 12.2 Å². The fraction of sp³-hybridized carbons (Fsp3) is 0.600. The number of allylic oxidation sites excluding steroid dienone is 3. The van der Waals surface area contributed by atoms with Crippen molar-refractivity contribution in [3.8, 4) is 0 Å². The number of carboxylic acid groups (broad SMARTS) is 1. The zero-order valence-corrected chi connectivity index (χ0v) is 10.8. The lowest BCUT2D eigenvalue weighted by Crippen LogP contribution is -2.24. The number of carbonyl (C=O) groups excluding carboxylic acids is 1. The van der Waals surface area contributed by atoms with Crippen LogP contribution in [0.3, 0.4) is 0 Å². The molecule has 2 aliphatic carbocycles. The lowest BCUT2D eigenvalue weighted by molar-refractivity contribution is -0.133. The second-order valence-corrected chi connectivity index (χ2v) is 5.46. The fourth-order valence-electron chi connectivity index (χ4n) is 2.88. The van der Waals surface area contributed by atoms with Crippen LogP contribution in [0, 0.1) is 11.8 Å². The first-order valence-corrected chi connectivity index (χ1v) is 6.74. The van der Waals surface area contributed by atoms with Gasteiger partial charge in [0.2, 0.25) is 0 Å². The van der Waals surface area contributed by atoms with Crippen LogP contribution < -0.4 is 0 Å². The van der Waals surface area contributed by atoms with E-state index in [0.29, 0.717) is 29.9 Å². The van der Waals surface area contributed by atoms with Gasteiger partial charge in [0.25, 0.3) is 0 Å². The molecular formula is C15H20O3. The molecule has 0 aromatic rings. The molecule has 0 heterocycles. The third kappa shape index (κ3) is 2.71. The molecule has 0 amide bonds. The first-order chi connectivity index (χ1) is 8.59. The van der Waals surface area contributed by atoms with Gasteiger partial charge in [0.15, 0.2) is 5.78 Å². The molecule has 0 saturated heterocycles. The van der Waals surface area contributed by atoms with Crippen molar-refractivity contribution >= 4 is 11.8 Å². The lowest BCUT2D eigenvalue weighted by atomic mass is 9.77. The molecule has 2 rings (SSSR count). The van der Waals surface area contributed by atoms with Crippen LogP contribution in [0.15, 0.2) is 23.3 Å². The van der Waals surface area contributed by atoms with Crippen LogP contribution in [0.1, 0.15) is 45.4 Å². The number of carbonyl (C=O) groups is 2. The zero-order chi connectivity index (χ0) is 13.1. The molecule has 98 valence electrons. The standard InChI is InChI=1S/C15H20O3/c1-10-6-8-11(9-7-10)14(16)12-4-2-3-5-13(12)15(17)18/h2-3,10-11H,4-9H2,1H3,(H,17,18). The van der Waals surface area contributed by atoms with Crippen LogP contribution in [-0.2, 0) is 9.59 Å². The Bertz CT molecular complexity index is 409. The van der Waals surface area contributed by atoms with Gasteiger partial charge in [-0.15, -0.1) is 0 Å². The maximum Gasteiger partial charge on any atom is 0.332 e.